The Hall–Kier alpha value is -1.83. The zero-order chi connectivity index (χ0) is 16.2. The number of nitrogens with zero attached hydrogens (tertiary/aromatic N) is 1. The molecule has 1 aliphatic heterocycles. The van der Waals surface area contributed by atoms with Gasteiger partial charge in [0.15, 0.2) is 6.61 Å². The molecule has 1 aromatic heterocycles. The van der Waals surface area contributed by atoms with Crippen molar-refractivity contribution >= 4 is 11.6 Å². The number of pyridine rings is 1. The lowest BCUT2D eigenvalue weighted by molar-refractivity contribution is -0.154. The number of aromatic nitrogens is 1. The zero-order valence-electron chi connectivity index (χ0n) is 12.2. The van der Waals surface area contributed by atoms with Crippen LogP contribution in [0.3, 0.4) is 0 Å². The van der Waals surface area contributed by atoms with Crippen molar-refractivity contribution in [3.63, 3.8) is 0 Å². The van der Waals surface area contributed by atoms with Gasteiger partial charge in [0.25, 0.3) is 0 Å². The summed E-state index contributed by atoms with van der Waals surface area (Å²) in [6, 6.07) is 2.75. The first-order valence-electron chi connectivity index (χ1n) is 7.01. The molecule has 8 heteroatoms. The van der Waals surface area contributed by atoms with E-state index >= 15 is 0 Å². The van der Waals surface area contributed by atoms with Crippen molar-refractivity contribution in [3.05, 3.63) is 18.3 Å². The summed E-state index contributed by atoms with van der Waals surface area (Å²) in [6.45, 7) is 1.22. The van der Waals surface area contributed by atoms with Crippen molar-refractivity contribution in [2.75, 3.05) is 18.5 Å². The van der Waals surface area contributed by atoms with Crippen LogP contribution in [0, 0.1) is 0 Å². The first kappa shape index (κ1) is 16.5. The zero-order valence-corrected chi connectivity index (χ0v) is 12.2. The lowest BCUT2D eigenvalue weighted by Crippen LogP contribution is -2.54. The molecule has 2 rings (SSSR count). The molecule has 1 aromatic rings. The second kappa shape index (κ2) is 6.51. The summed E-state index contributed by atoms with van der Waals surface area (Å²) >= 11 is 0. The third-order valence-electron chi connectivity index (χ3n) is 3.50. The van der Waals surface area contributed by atoms with Crippen LogP contribution < -0.4 is 15.4 Å². The Balaban J connectivity index is 1.92. The Bertz CT molecular complexity index is 511. The molecule has 1 unspecified atom stereocenters. The molecule has 1 aliphatic rings. The van der Waals surface area contributed by atoms with Gasteiger partial charge in [-0.3, -0.25) is 4.79 Å². The SMILES string of the molecule is CC1(C(=O)Nc2ccc(OCC(F)(F)F)nc2)CCCCN1. The number of carbonyl (C=O) groups is 1. The summed E-state index contributed by atoms with van der Waals surface area (Å²) in [5.41, 5.74) is -0.220. The number of ether oxygens (including phenoxy) is 1. The molecule has 1 atom stereocenters. The number of nitrogens with one attached hydrogen (secondary N) is 2. The van der Waals surface area contributed by atoms with Crippen LogP contribution in [0.25, 0.3) is 0 Å². The first-order chi connectivity index (χ1) is 10.3. The number of halogens is 3. The van der Waals surface area contributed by atoms with E-state index in [0.29, 0.717) is 5.69 Å². The van der Waals surface area contributed by atoms with E-state index in [-0.39, 0.29) is 11.8 Å². The average Bonchev–Trinajstić information content (AvgIpc) is 2.46. The van der Waals surface area contributed by atoms with E-state index in [1.807, 2.05) is 6.92 Å². The smallest absolute Gasteiger partial charge is 0.422 e. The first-order valence-corrected chi connectivity index (χ1v) is 7.01. The Kier molecular flexibility index (Phi) is 4.90. The highest BCUT2D eigenvalue weighted by Crippen LogP contribution is 2.22. The number of hydrogen-bond donors (Lipinski definition) is 2. The van der Waals surface area contributed by atoms with E-state index in [1.165, 1.54) is 18.3 Å². The van der Waals surface area contributed by atoms with Gasteiger partial charge in [0, 0.05) is 6.07 Å². The second-order valence-corrected chi connectivity index (χ2v) is 5.46. The van der Waals surface area contributed by atoms with Crippen LogP contribution in [0.2, 0.25) is 0 Å². The van der Waals surface area contributed by atoms with Gasteiger partial charge in [-0.25, -0.2) is 4.98 Å². The topological polar surface area (TPSA) is 63.2 Å². The Morgan fingerprint density at radius 3 is 2.77 bits per heavy atom. The number of piperidine rings is 1. The van der Waals surface area contributed by atoms with Crippen molar-refractivity contribution in [1.82, 2.24) is 10.3 Å². The summed E-state index contributed by atoms with van der Waals surface area (Å²) < 4.78 is 40.6. The maximum absolute atomic E-state index is 12.2. The minimum Gasteiger partial charge on any atom is -0.468 e. The highest BCUT2D eigenvalue weighted by molar-refractivity contribution is 5.97. The molecule has 0 aliphatic carbocycles. The summed E-state index contributed by atoms with van der Waals surface area (Å²) in [7, 11) is 0. The van der Waals surface area contributed by atoms with Crippen LogP contribution >= 0.6 is 0 Å². The molecule has 0 radical (unpaired) electrons. The molecule has 1 amide bonds. The predicted octanol–water partition coefficient (Wildman–Crippen LogP) is 2.49. The standard InChI is InChI=1S/C14H18F3N3O2/c1-13(6-2-3-7-19-13)12(21)20-10-4-5-11(18-8-10)22-9-14(15,16)17/h4-5,8,19H,2-3,6-7,9H2,1H3,(H,20,21). The largest absolute Gasteiger partial charge is 0.468 e. The van der Waals surface area contributed by atoms with Crippen molar-refractivity contribution in [3.8, 4) is 5.88 Å². The fraction of sp³-hybridized carbons (Fsp3) is 0.571. The molecule has 22 heavy (non-hydrogen) atoms. The van der Waals surface area contributed by atoms with Gasteiger partial charge in [-0.15, -0.1) is 0 Å². The van der Waals surface area contributed by atoms with Crippen LogP contribution in [-0.4, -0.2) is 35.8 Å². The lowest BCUT2D eigenvalue weighted by atomic mass is 9.90. The fourth-order valence-corrected chi connectivity index (χ4v) is 2.21. The summed E-state index contributed by atoms with van der Waals surface area (Å²) in [5.74, 6) is -0.324. The molecule has 0 aromatic carbocycles. The molecule has 1 fully saturated rings. The van der Waals surface area contributed by atoms with Crippen LogP contribution in [-0.2, 0) is 4.79 Å². The Labute approximate surface area is 126 Å². The van der Waals surface area contributed by atoms with Crippen LogP contribution in [0.5, 0.6) is 5.88 Å². The van der Waals surface area contributed by atoms with Gasteiger partial charge < -0.3 is 15.4 Å². The molecular weight excluding hydrogens is 299 g/mol. The third-order valence-corrected chi connectivity index (χ3v) is 3.50. The molecule has 0 bridgehead atoms. The van der Waals surface area contributed by atoms with Crippen molar-refractivity contribution in [2.24, 2.45) is 0 Å². The van der Waals surface area contributed by atoms with E-state index < -0.39 is 18.3 Å². The van der Waals surface area contributed by atoms with E-state index in [4.69, 9.17) is 0 Å². The lowest BCUT2D eigenvalue weighted by Gasteiger charge is -2.33. The quantitative estimate of drug-likeness (QED) is 0.895. The molecular formula is C14H18F3N3O2. The Morgan fingerprint density at radius 1 is 1.45 bits per heavy atom. The molecule has 1 saturated heterocycles. The van der Waals surface area contributed by atoms with Crippen LogP contribution in [0.15, 0.2) is 18.3 Å². The van der Waals surface area contributed by atoms with Gasteiger partial charge in [-0.1, -0.05) is 0 Å². The third kappa shape index (κ3) is 4.59. The number of alkyl halides is 3. The summed E-state index contributed by atoms with van der Waals surface area (Å²) in [6.07, 6.45) is -0.389. The second-order valence-electron chi connectivity index (χ2n) is 5.46. The van der Waals surface area contributed by atoms with Gasteiger partial charge in [0.05, 0.1) is 17.4 Å². The van der Waals surface area contributed by atoms with Crippen molar-refractivity contribution < 1.29 is 22.7 Å². The maximum atomic E-state index is 12.2. The van der Waals surface area contributed by atoms with E-state index in [0.717, 1.165) is 25.8 Å². The predicted molar refractivity (Wildman–Crippen MR) is 74.7 cm³/mol. The minimum absolute atomic E-state index is 0.141. The molecule has 5 nitrogen and oxygen atoms in total. The van der Waals surface area contributed by atoms with Crippen molar-refractivity contribution in [1.29, 1.82) is 0 Å². The average molecular weight is 317 g/mol. The van der Waals surface area contributed by atoms with Gasteiger partial charge in [-0.05, 0) is 38.8 Å². The molecule has 2 heterocycles. The van der Waals surface area contributed by atoms with Gasteiger partial charge in [0.2, 0.25) is 11.8 Å². The summed E-state index contributed by atoms with van der Waals surface area (Å²) in [5, 5.41) is 5.89. The normalized spacial score (nSPS) is 22.2. The van der Waals surface area contributed by atoms with Gasteiger partial charge >= 0.3 is 6.18 Å². The molecule has 0 saturated carbocycles. The molecule has 2 N–H and O–H groups in total. The number of rotatable bonds is 4. The molecule has 122 valence electrons. The Morgan fingerprint density at radius 2 is 2.23 bits per heavy atom. The van der Waals surface area contributed by atoms with Crippen molar-refractivity contribution in [2.45, 2.75) is 37.9 Å². The monoisotopic (exact) mass is 317 g/mol. The van der Waals surface area contributed by atoms with E-state index in [1.54, 1.807) is 0 Å². The van der Waals surface area contributed by atoms with Crippen LogP contribution in [0.4, 0.5) is 18.9 Å². The van der Waals surface area contributed by atoms with E-state index in [9.17, 15) is 18.0 Å². The number of hydrogen-bond acceptors (Lipinski definition) is 4. The van der Waals surface area contributed by atoms with E-state index in [2.05, 4.69) is 20.4 Å². The number of carbonyl (C=O) groups excluding carboxylic acids is 1. The number of amides is 1. The van der Waals surface area contributed by atoms with Gasteiger partial charge in [-0.2, -0.15) is 13.2 Å². The summed E-state index contributed by atoms with van der Waals surface area (Å²) in [4.78, 5) is 16.0. The van der Waals surface area contributed by atoms with Crippen LogP contribution in [0.1, 0.15) is 26.2 Å². The molecule has 0 spiro atoms. The minimum atomic E-state index is -4.41. The van der Waals surface area contributed by atoms with Gasteiger partial charge in [0.1, 0.15) is 0 Å². The maximum Gasteiger partial charge on any atom is 0.422 e. The highest BCUT2D eigenvalue weighted by atomic mass is 19.4. The highest BCUT2D eigenvalue weighted by Gasteiger charge is 2.34. The fourth-order valence-electron chi connectivity index (χ4n) is 2.21. The number of anilines is 1.